The summed E-state index contributed by atoms with van der Waals surface area (Å²) in [5.41, 5.74) is 1.98. The lowest BCUT2D eigenvalue weighted by Crippen LogP contribution is -2.47. The molecule has 180 valence electrons. The minimum absolute atomic E-state index is 0.0962. The molecule has 1 atom stereocenters. The Morgan fingerprint density at radius 3 is 2.60 bits per heavy atom. The van der Waals surface area contributed by atoms with Gasteiger partial charge in [-0.15, -0.1) is 0 Å². The van der Waals surface area contributed by atoms with Gasteiger partial charge in [0.25, 0.3) is 0 Å². The van der Waals surface area contributed by atoms with Crippen molar-refractivity contribution in [1.82, 2.24) is 25.5 Å². The number of carbonyl (C=O) groups excluding carboxylic acids is 2. The van der Waals surface area contributed by atoms with Crippen LogP contribution in [0.3, 0.4) is 0 Å². The van der Waals surface area contributed by atoms with Gasteiger partial charge in [0.15, 0.2) is 11.5 Å². The third-order valence-electron chi connectivity index (χ3n) is 5.12. The number of fused-ring (bicyclic) bond motifs is 1. The highest BCUT2D eigenvalue weighted by atomic mass is 35.5. The molecule has 4 N–H and O–H groups in total. The van der Waals surface area contributed by atoms with E-state index in [1.807, 2.05) is 50.2 Å². The molecule has 0 fully saturated rings. The van der Waals surface area contributed by atoms with Gasteiger partial charge in [-0.05, 0) is 29.7 Å². The van der Waals surface area contributed by atoms with Gasteiger partial charge in [0.2, 0.25) is 5.91 Å². The highest BCUT2D eigenvalue weighted by Gasteiger charge is 2.27. The van der Waals surface area contributed by atoms with Crippen LogP contribution in [0, 0.1) is 5.92 Å². The van der Waals surface area contributed by atoms with Gasteiger partial charge in [-0.1, -0.05) is 61.8 Å². The fourth-order valence-corrected chi connectivity index (χ4v) is 3.56. The Morgan fingerprint density at radius 1 is 1.06 bits per heavy atom. The predicted octanol–water partition coefficient (Wildman–Crippen LogP) is 4.64. The number of carbonyl (C=O) groups is 2. The Labute approximate surface area is 206 Å². The van der Waals surface area contributed by atoms with Crippen molar-refractivity contribution in [1.29, 1.82) is 0 Å². The minimum Gasteiger partial charge on any atom is -0.445 e. The van der Waals surface area contributed by atoms with Crippen molar-refractivity contribution in [3.05, 3.63) is 71.5 Å². The lowest BCUT2D eigenvalue weighted by Gasteiger charge is -2.21. The van der Waals surface area contributed by atoms with Gasteiger partial charge in [-0.25, -0.2) is 14.8 Å². The van der Waals surface area contributed by atoms with Gasteiger partial charge < -0.3 is 20.7 Å². The lowest BCUT2D eigenvalue weighted by atomic mass is 10.0. The second-order valence-electron chi connectivity index (χ2n) is 8.07. The topological polar surface area (TPSA) is 134 Å². The average Bonchev–Trinajstić information content (AvgIpc) is 3.25. The number of hydrogen-bond donors (Lipinski definition) is 4. The highest BCUT2D eigenvalue weighted by molar-refractivity contribution is 6.30. The zero-order valence-electron chi connectivity index (χ0n) is 19.1. The molecule has 4 rings (SSSR count). The second-order valence-corrected chi connectivity index (χ2v) is 8.51. The van der Waals surface area contributed by atoms with E-state index in [4.69, 9.17) is 16.3 Å². The molecular formula is C24H24ClN7O3. The average molecular weight is 494 g/mol. The summed E-state index contributed by atoms with van der Waals surface area (Å²) >= 11 is 6.08. The van der Waals surface area contributed by atoms with E-state index in [9.17, 15) is 9.59 Å². The molecule has 0 bridgehead atoms. The first-order valence-corrected chi connectivity index (χ1v) is 11.3. The third-order valence-corrected chi connectivity index (χ3v) is 5.36. The Balaban J connectivity index is 1.48. The number of rotatable bonds is 8. The number of ether oxygens (including phenoxy) is 1. The molecule has 0 aliphatic carbocycles. The van der Waals surface area contributed by atoms with Gasteiger partial charge >= 0.3 is 6.09 Å². The van der Waals surface area contributed by atoms with Gasteiger partial charge in [0.05, 0.1) is 0 Å². The maximum Gasteiger partial charge on any atom is 0.408 e. The Kier molecular flexibility index (Phi) is 7.41. The summed E-state index contributed by atoms with van der Waals surface area (Å²) in [5, 5.41) is 16.6. The summed E-state index contributed by atoms with van der Waals surface area (Å²) in [5.74, 6) is -0.0229. The summed E-state index contributed by atoms with van der Waals surface area (Å²) in [7, 11) is 0. The monoisotopic (exact) mass is 493 g/mol. The minimum atomic E-state index is -0.862. The van der Waals surface area contributed by atoms with Gasteiger partial charge in [0.1, 0.15) is 30.2 Å². The van der Waals surface area contributed by atoms with Gasteiger partial charge in [-0.3, -0.25) is 9.89 Å². The number of alkyl carbamates (subject to hydrolysis) is 1. The fraction of sp³-hybridized carbons (Fsp3) is 0.208. The van der Waals surface area contributed by atoms with E-state index in [-0.39, 0.29) is 18.3 Å². The molecule has 11 heteroatoms. The van der Waals surface area contributed by atoms with Crippen molar-refractivity contribution in [2.45, 2.75) is 26.5 Å². The molecule has 0 aliphatic heterocycles. The first kappa shape index (κ1) is 24.0. The van der Waals surface area contributed by atoms with Crippen LogP contribution in [0.1, 0.15) is 19.4 Å². The van der Waals surface area contributed by atoms with Crippen LogP contribution in [0.15, 0.2) is 60.9 Å². The predicted molar refractivity (Wildman–Crippen MR) is 133 cm³/mol. The van der Waals surface area contributed by atoms with E-state index in [0.717, 1.165) is 5.56 Å². The Hall–Kier alpha value is -4.18. The van der Waals surface area contributed by atoms with E-state index in [1.165, 1.54) is 6.33 Å². The van der Waals surface area contributed by atoms with Crippen molar-refractivity contribution in [2.75, 3.05) is 10.6 Å². The molecule has 0 unspecified atom stereocenters. The Morgan fingerprint density at radius 2 is 1.86 bits per heavy atom. The number of amides is 2. The van der Waals surface area contributed by atoms with Gasteiger partial charge in [-0.2, -0.15) is 5.10 Å². The summed E-state index contributed by atoms with van der Waals surface area (Å²) < 4.78 is 5.27. The highest BCUT2D eigenvalue weighted by Crippen LogP contribution is 2.29. The van der Waals surface area contributed by atoms with Crippen LogP contribution in [-0.4, -0.2) is 38.2 Å². The van der Waals surface area contributed by atoms with Crippen molar-refractivity contribution in [3.8, 4) is 0 Å². The molecule has 2 heterocycles. The van der Waals surface area contributed by atoms with Crippen molar-refractivity contribution in [3.63, 3.8) is 0 Å². The molecule has 0 saturated carbocycles. The van der Waals surface area contributed by atoms with Crippen molar-refractivity contribution in [2.24, 2.45) is 5.92 Å². The number of nitrogens with zero attached hydrogens (tertiary/aromatic N) is 3. The molecule has 4 aromatic rings. The maximum atomic E-state index is 13.1. The first-order valence-electron chi connectivity index (χ1n) is 10.9. The second kappa shape index (κ2) is 10.8. The summed E-state index contributed by atoms with van der Waals surface area (Å²) in [6.45, 7) is 3.73. The zero-order valence-corrected chi connectivity index (χ0v) is 19.8. The molecule has 0 saturated heterocycles. The quantitative estimate of drug-likeness (QED) is 0.281. The normalized spacial score (nSPS) is 11.8. The molecular weight excluding hydrogens is 470 g/mol. The maximum absolute atomic E-state index is 13.1. The molecule has 10 nitrogen and oxygen atoms in total. The number of nitrogens with one attached hydrogen (secondary N) is 4. The number of anilines is 3. The molecule has 0 radical (unpaired) electrons. The molecule has 0 aliphatic rings. The fourth-order valence-electron chi connectivity index (χ4n) is 3.37. The number of hydrogen-bond acceptors (Lipinski definition) is 7. The summed E-state index contributed by atoms with van der Waals surface area (Å²) in [6.07, 6.45) is 0.682. The largest absolute Gasteiger partial charge is 0.445 e. The van der Waals surface area contributed by atoms with E-state index >= 15 is 0 Å². The summed E-state index contributed by atoms with van der Waals surface area (Å²) in [4.78, 5) is 33.9. The molecule has 2 aromatic heterocycles. The van der Waals surface area contributed by atoms with Crippen LogP contribution in [0.2, 0.25) is 5.02 Å². The van der Waals surface area contributed by atoms with Crippen LogP contribution in [0.5, 0.6) is 0 Å². The number of aromatic amines is 1. The molecule has 35 heavy (non-hydrogen) atoms. The van der Waals surface area contributed by atoms with Crippen LogP contribution in [0.25, 0.3) is 11.0 Å². The van der Waals surface area contributed by atoms with Crippen LogP contribution in [0.4, 0.5) is 22.1 Å². The smallest absolute Gasteiger partial charge is 0.408 e. The number of aromatic nitrogens is 4. The molecule has 0 spiro atoms. The molecule has 2 amide bonds. The van der Waals surface area contributed by atoms with E-state index in [2.05, 4.69) is 36.1 Å². The van der Waals surface area contributed by atoms with E-state index in [0.29, 0.717) is 27.6 Å². The lowest BCUT2D eigenvalue weighted by molar-refractivity contribution is -0.119. The van der Waals surface area contributed by atoms with Crippen LogP contribution in [-0.2, 0) is 16.1 Å². The number of benzene rings is 2. The molecule has 2 aromatic carbocycles. The Bertz CT molecular complexity index is 1330. The zero-order chi connectivity index (χ0) is 24.8. The van der Waals surface area contributed by atoms with Crippen molar-refractivity contribution < 1.29 is 14.3 Å². The number of H-pyrrole nitrogens is 1. The van der Waals surface area contributed by atoms with E-state index < -0.39 is 18.0 Å². The SMILES string of the molecule is CC(C)[C@H](NC(=O)OCc1ccccc1)C(=O)Nc1n[nH]c2ncnc(Nc3cccc(Cl)c3)c12. The van der Waals surface area contributed by atoms with Crippen LogP contribution >= 0.6 is 11.6 Å². The first-order chi connectivity index (χ1) is 16.9. The summed E-state index contributed by atoms with van der Waals surface area (Å²) in [6, 6.07) is 15.6. The van der Waals surface area contributed by atoms with Gasteiger partial charge in [0, 0.05) is 10.7 Å². The number of halogens is 1. The van der Waals surface area contributed by atoms with Crippen LogP contribution < -0.4 is 16.0 Å². The van der Waals surface area contributed by atoms with E-state index in [1.54, 1.807) is 18.2 Å². The standard InChI is InChI=1S/C24H24ClN7O3/c1-14(2)19(29-24(34)35-12-15-7-4-3-5-8-15)23(33)30-22-18-20(26-13-27-21(18)31-32-22)28-17-10-6-9-16(25)11-17/h3-11,13-14,19H,12H2,1-2H3,(H,29,34)(H3,26,27,28,30,31,32,33)/t19-/m0/s1. The van der Waals surface area contributed by atoms with Crippen molar-refractivity contribution >= 4 is 52.0 Å². The third kappa shape index (κ3) is 6.04.